The first kappa shape index (κ1) is 21.9. The summed E-state index contributed by atoms with van der Waals surface area (Å²) in [4.78, 5) is 5.27. The lowest BCUT2D eigenvalue weighted by Gasteiger charge is -2.47. The maximum Gasteiger partial charge on any atom is 0.0130 e. The zero-order valence-electron chi connectivity index (χ0n) is 17.7. The molecule has 0 aromatic carbocycles. The van der Waals surface area contributed by atoms with Crippen LogP contribution in [0.3, 0.4) is 0 Å². The van der Waals surface area contributed by atoms with Crippen LogP contribution in [0.2, 0.25) is 0 Å². The van der Waals surface area contributed by atoms with Crippen LogP contribution in [-0.2, 0) is 0 Å². The molecule has 0 heterocycles. The minimum Gasteiger partial charge on any atom is -0.294 e. The Kier molecular flexibility index (Phi) is 7.19. The summed E-state index contributed by atoms with van der Waals surface area (Å²) >= 11 is 0. The SMILES string of the molecule is CC(C)(C)N(CCCCN(C(C)(C)C)C(C)(C)C)C(C)(C)C. The highest BCUT2D eigenvalue weighted by Crippen LogP contribution is 2.27. The quantitative estimate of drug-likeness (QED) is 0.613. The lowest BCUT2D eigenvalue weighted by Crippen LogP contribution is -2.54. The number of nitrogens with zero attached hydrogens (tertiary/aromatic N) is 2. The minimum atomic E-state index is 0.228. The van der Waals surface area contributed by atoms with Crippen molar-refractivity contribution in [2.75, 3.05) is 13.1 Å². The second-order valence-electron chi connectivity index (χ2n) is 10.7. The van der Waals surface area contributed by atoms with Crippen LogP contribution >= 0.6 is 0 Å². The van der Waals surface area contributed by atoms with Gasteiger partial charge in [0.2, 0.25) is 0 Å². The molecular formula is C20H44N2. The van der Waals surface area contributed by atoms with E-state index in [1.54, 1.807) is 0 Å². The van der Waals surface area contributed by atoms with Crippen LogP contribution in [0.1, 0.15) is 95.9 Å². The first-order chi connectivity index (χ1) is 9.47. The molecule has 0 spiro atoms. The predicted molar refractivity (Wildman–Crippen MR) is 102 cm³/mol. The van der Waals surface area contributed by atoms with Crippen molar-refractivity contribution in [1.82, 2.24) is 9.80 Å². The highest BCUT2D eigenvalue weighted by atomic mass is 15.2. The van der Waals surface area contributed by atoms with Gasteiger partial charge in [-0.3, -0.25) is 9.80 Å². The maximum absolute atomic E-state index is 2.64. The fraction of sp³-hybridized carbons (Fsp3) is 1.00. The van der Waals surface area contributed by atoms with Gasteiger partial charge in [0.15, 0.2) is 0 Å². The van der Waals surface area contributed by atoms with E-state index in [-0.39, 0.29) is 22.2 Å². The third-order valence-corrected chi connectivity index (χ3v) is 4.25. The van der Waals surface area contributed by atoms with Gasteiger partial charge in [-0.1, -0.05) is 0 Å². The summed E-state index contributed by atoms with van der Waals surface area (Å²) in [6.45, 7) is 30.3. The van der Waals surface area contributed by atoms with Crippen LogP contribution < -0.4 is 0 Å². The predicted octanol–water partition coefficient (Wildman–Crippen LogP) is 5.56. The Morgan fingerprint density at radius 3 is 0.727 bits per heavy atom. The molecule has 0 atom stereocenters. The largest absolute Gasteiger partial charge is 0.294 e. The number of hydrogen-bond donors (Lipinski definition) is 0. The molecule has 0 bridgehead atoms. The number of hydrogen-bond acceptors (Lipinski definition) is 2. The Labute approximate surface area is 141 Å². The fourth-order valence-corrected chi connectivity index (χ4v) is 3.89. The molecule has 0 aliphatic carbocycles. The van der Waals surface area contributed by atoms with Crippen molar-refractivity contribution in [2.45, 2.75) is 118 Å². The molecule has 0 saturated heterocycles. The molecule has 0 aliphatic rings. The first-order valence-electron chi connectivity index (χ1n) is 9.03. The van der Waals surface area contributed by atoms with Crippen LogP contribution in [-0.4, -0.2) is 45.0 Å². The Bertz CT molecular complexity index is 256. The zero-order valence-corrected chi connectivity index (χ0v) is 17.7. The summed E-state index contributed by atoms with van der Waals surface area (Å²) in [5.41, 5.74) is 0.913. The van der Waals surface area contributed by atoms with Crippen molar-refractivity contribution < 1.29 is 0 Å². The second kappa shape index (κ2) is 7.21. The molecule has 0 rings (SSSR count). The highest BCUT2D eigenvalue weighted by molar-refractivity contribution is 4.88. The van der Waals surface area contributed by atoms with Crippen LogP contribution in [0.4, 0.5) is 0 Å². The van der Waals surface area contributed by atoms with Crippen molar-refractivity contribution in [2.24, 2.45) is 0 Å². The summed E-state index contributed by atoms with van der Waals surface area (Å²) < 4.78 is 0. The van der Waals surface area contributed by atoms with Crippen molar-refractivity contribution in [3.63, 3.8) is 0 Å². The topological polar surface area (TPSA) is 6.48 Å². The molecule has 0 aliphatic heterocycles. The summed E-state index contributed by atoms with van der Waals surface area (Å²) in [5, 5.41) is 0. The average Bonchev–Trinajstić information content (AvgIpc) is 2.14. The van der Waals surface area contributed by atoms with E-state index in [9.17, 15) is 0 Å². The van der Waals surface area contributed by atoms with Gasteiger partial charge < -0.3 is 0 Å². The van der Waals surface area contributed by atoms with E-state index in [0.29, 0.717) is 0 Å². The summed E-state index contributed by atoms with van der Waals surface area (Å²) in [6, 6.07) is 0. The molecule has 0 aromatic rings. The monoisotopic (exact) mass is 312 g/mol. The number of unbranched alkanes of at least 4 members (excludes halogenated alkanes) is 1. The standard InChI is InChI=1S/C20H44N2/c1-17(2,3)21(18(4,5)6)15-13-14-16-22(19(7,8)9)20(10,11)12/h13-16H2,1-12H3. The van der Waals surface area contributed by atoms with E-state index in [1.165, 1.54) is 25.9 Å². The lowest BCUT2D eigenvalue weighted by molar-refractivity contribution is 0.0222. The van der Waals surface area contributed by atoms with E-state index < -0.39 is 0 Å². The van der Waals surface area contributed by atoms with Gasteiger partial charge in [0, 0.05) is 22.2 Å². The molecular weight excluding hydrogens is 268 g/mol. The van der Waals surface area contributed by atoms with Crippen LogP contribution in [0, 0.1) is 0 Å². The molecule has 0 radical (unpaired) electrons. The fourth-order valence-electron chi connectivity index (χ4n) is 3.89. The molecule has 134 valence electrons. The summed E-state index contributed by atoms with van der Waals surface area (Å²) in [7, 11) is 0. The smallest absolute Gasteiger partial charge is 0.0130 e. The van der Waals surface area contributed by atoms with E-state index in [0.717, 1.165) is 0 Å². The molecule has 0 unspecified atom stereocenters. The van der Waals surface area contributed by atoms with Gasteiger partial charge in [-0.15, -0.1) is 0 Å². The molecule has 0 N–H and O–H groups in total. The minimum absolute atomic E-state index is 0.228. The van der Waals surface area contributed by atoms with Crippen molar-refractivity contribution in [3.05, 3.63) is 0 Å². The van der Waals surface area contributed by atoms with E-state index in [2.05, 4.69) is 92.9 Å². The molecule has 22 heavy (non-hydrogen) atoms. The van der Waals surface area contributed by atoms with Gasteiger partial charge in [-0.25, -0.2) is 0 Å². The van der Waals surface area contributed by atoms with Gasteiger partial charge in [-0.2, -0.15) is 0 Å². The maximum atomic E-state index is 2.64. The van der Waals surface area contributed by atoms with E-state index >= 15 is 0 Å². The second-order valence-corrected chi connectivity index (χ2v) is 10.7. The molecule has 2 heteroatoms. The van der Waals surface area contributed by atoms with Gasteiger partial charge >= 0.3 is 0 Å². The Morgan fingerprint density at radius 1 is 0.409 bits per heavy atom. The van der Waals surface area contributed by atoms with Crippen molar-refractivity contribution in [1.29, 1.82) is 0 Å². The molecule has 0 saturated carbocycles. The van der Waals surface area contributed by atoms with Gasteiger partial charge in [-0.05, 0) is 109 Å². The van der Waals surface area contributed by atoms with Crippen molar-refractivity contribution >= 4 is 0 Å². The summed E-state index contributed by atoms with van der Waals surface area (Å²) in [6.07, 6.45) is 2.52. The zero-order chi connectivity index (χ0) is 18.0. The normalized spacial score (nSPS) is 15.0. The summed E-state index contributed by atoms with van der Waals surface area (Å²) in [5.74, 6) is 0. The Balaban J connectivity index is 4.63. The Morgan fingerprint density at radius 2 is 0.591 bits per heavy atom. The lowest BCUT2D eigenvalue weighted by atomic mass is 9.94. The third-order valence-electron chi connectivity index (χ3n) is 4.25. The van der Waals surface area contributed by atoms with Gasteiger partial charge in [0.05, 0.1) is 0 Å². The molecule has 2 nitrogen and oxygen atoms in total. The molecule has 0 aromatic heterocycles. The van der Waals surface area contributed by atoms with Gasteiger partial charge in [0.1, 0.15) is 0 Å². The van der Waals surface area contributed by atoms with Crippen LogP contribution in [0.25, 0.3) is 0 Å². The van der Waals surface area contributed by atoms with E-state index in [1.807, 2.05) is 0 Å². The Hall–Kier alpha value is -0.0800. The van der Waals surface area contributed by atoms with E-state index in [4.69, 9.17) is 0 Å². The molecule has 0 amide bonds. The molecule has 0 fully saturated rings. The third kappa shape index (κ3) is 7.46. The van der Waals surface area contributed by atoms with Crippen LogP contribution in [0.5, 0.6) is 0 Å². The average molecular weight is 313 g/mol. The van der Waals surface area contributed by atoms with Gasteiger partial charge in [0.25, 0.3) is 0 Å². The van der Waals surface area contributed by atoms with Crippen LogP contribution in [0.15, 0.2) is 0 Å². The van der Waals surface area contributed by atoms with Crippen molar-refractivity contribution in [3.8, 4) is 0 Å². The number of rotatable bonds is 5. The first-order valence-corrected chi connectivity index (χ1v) is 9.03. The highest BCUT2D eigenvalue weighted by Gasteiger charge is 2.32.